The highest BCUT2D eigenvalue weighted by Crippen LogP contribution is 2.42. The largest absolute Gasteiger partial charge is 0.508 e. The van der Waals surface area contributed by atoms with E-state index in [2.05, 4.69) is 5.10 Å². The second-order valence-electron chi connectivity index (χ2n) is 5.71. The van der Waals surface area contributed by atoms with E-state index in [1.54, 1.807) is 0 Å². The Bertz CT molecular complexity index is 866. The van der Waals surface area contributed by atoms with Crippen molar-refractivity contribution in [1.29, 1.82) is 0 Å². The van der Waals surface area contributed by atoms with Crippen LogP contribution in [0.1, 0.15) is 22.3 Å². The van der Waals surface area contributed by atoms with E-state index in [9.17, 15) is 28.2 Å². The number of carbonyl (C=O) groups is 1. The van der Waals surface area contributed by atoms with Gasteiger partial charge in [0.25, 0.3) is 11.6 Å². The van der Waals surface area contributed by atoms with Gasteiger partial charge in [0.2, 0.25) is 0 Å². The van der Waals surface area contributed by atoms with Crippen molar-refractivity contribution in [3.8, 4) is 5.75 Å². The second-order valence-corrected chi connectivity index (χ2v) is 6.14. The minimum atomic E-state index is -5.13. The molecular formula is C17H12ClF3N2O3. The van der Waals surface area contributed by atoms with E-state index in [-0.39, 0.29) is 22.0 Å². The van der Waals surface area contributed by atoms with Crippen molar-refractivity contribution in [2.45, 2.75) is 18.3 Å². The van der Waals surface area contributed by atoms with E-state index < -0.39 is 24.2 Å². The van der Waals surface area contributed by atoms with Crippen LogP contribution in [0.2, 0.25) is 5.02 Å². The Kier molecular flexibility index (Phi) is 4.41. The molecule has 0 fully saturated rings. The fourth-order valence-corrected chi connectivity index (χ4v) is 2.64. The third-order valence-corrected chi connectivity index (χ3v) is 4.18. The van der Waals surface area contributed by atoms with Crippen molar-refractivity contribution in [2.75, 3.05) is 0 Å². The van der Waals surface area contributed by atoms with E-state index in [0.717, 1.165) is 24.3 Å². The molecule has 26 heavy (non-hydrogen) atoms. The number of phenols is 1. The van der Waals surface area contributed by atoms with Gasteiger partial charge < -0.3 is 10.2 Å². The summed E-state index contributed by atoms with van der Waals surface area (Å²) in [5.74, 6) is -1.30. The number of rotatable bonds is 2. The number of alkyl halides is 3. The summed E-state index contributed by atoms with van der Waals surface area (Å²) in [6, 6.07) is 10.4. The lowest BCUT2D eigenvalue weighted by atomic mass is 10.0. The Hall–Kier alpha value is -2.58. The molecule has 1 atom stereocenters. The first-order valence-corrected chi connectivity index (χ1v) is 7.76. The van der Waals surface area contributed by atoms with Gasteiger partial charge in [0.05, 0.1) is 12.1 Å². The average molecular weight is 385 g/mol. The molecule has 0 radical (unpaired) electrons. The minimum Gasteiger partial charge on any atom is -0.508 e. The summed E-state index contributed by atoms with van der Waals surface area (Å²) in [7, 11) is 0. The normalized spacial score (nSPS) is 20.2. The monoisotopic (exact) mass is 384 g/mol. The Balaban J connectivity index is 2.03. The predicted octanol–water partition coefficient (Wildman–Crippen LogP) is 3.55. The van der Waals surface area contributed by atoms with Gasteiger partial charge >= 0.3 is 6.18 Å². The number of benzene rings is 2. The number of amides is 1. The molecule has 9 heteroatoms. The zero-order valence-electron chi connectivity index (χ0n) is 13.0. The lowest BCUT2D eigenvalue weighted by Crippen LogP contribution is -2.56. The summed E-state index contributed by atoms with van der Waals surface area (Å²) >= 11 is 5.76. The van der Waals surface area contributed by atoms with Gasteiger partial charge in [0.1, 0.15) is 5.75 Å². The summed E-state index contributed by atoms with van der Waals surface area (Å²) in [5, 5.41) is 23.7. The van der Waals surface area contributed by atoms with Crippen molar-refractivity contribution < 1.29 is 28.2 Å². The number of phenolic OH excluding ortho intramolecular Hbond substituents is 1. The maximum absolute atomic E-state index is 13.5. The van der Waals surface area contributed by atoms with Gasteiger partial charge in [-0.05, 0) is 42.0 Å². The van der Waals surface area contributed by atoms with Crippen LogP contribution in [0.25, 0.3) is 0 Å². The van der Waals surface area contributed by atoms with E-state index in [4.69, 9.17) is 11.6 Å². The van der Waals surface area contributed by atoms with Crippen LogP contribution in [0.3, 0.4) is 0 Å². The molecule has 0 saturated heterocycles. The summed E-state index contributed by atoms with van der Waals surface area (Å²) in [6.45, 7) is 0. The number of hydrogen-bond acceptors (Lipinski definition) is 4. The first kappa shape index (κ1) is 18.2. The van der Waals surface area contributed by atoms with Gasteiger partial charge in [-0.3, -0.25) is 4.79 Å². The molecule has 0 saturated carbocycles. The fourth-order valence-electron chi connectivity index (χ4n) is 2.51. The van der Waals surface area contributed by atoms with Crippen molar-refractivity contribution >= 4 is 23.2 Å². The van der Waals surface area contributed by atoms with E-state index in [0.29, 0.717) is 10.6 Å². The smallest absolute Gasteiger partial charge is 0.438 e. The molecule has 2 N–H and O–H groups in total. The van der Waals surface area contributed by atoms with Crippen molar-refractivity contribution in [1.82, 2.24) is 5.01 Å². The minimum absolute atomic E-state index is 0.0311. The molecule has 0 bridgehead atoms. The number of halogens is 4. The lowest BCUT2D eigenvalue weighted by Gasteiger charge is -2.32. The van der Waals surface area contributed by atoms with Gasteiger partial charge in [0.15, 0.2) is 0 Å². The molecule has 1 heterocycles. The number of aromatic hydroxyl groups is 1. The maximum Gasteiger partial charge on any atom is 0.438 e. The van der Waals surface area contributed by atoms with Crippen LogP contribution in [0.4, 0.5) is 13.2 Å². The molecule has 1 amide bonds. The third kappa shape index (κ3) is 3.13. The van der Waals surface area contributed by atoms with Gasteiger partial charge in [0, 0.05) is 10.6 Å². The summed E-state index contributed by atoms with van der Waals surface area (Å²) in [6.07, 6.45) is -6.04. The molecule has 1 aliphatic heterocycles. The molecule has 2 aromatic rings. The van der Waals surface area contributed by atoms with Crippen LogP contribution < -0.4 is 0 Å². The number of hydrazone groups is 1. The second kappa shape index (κ2) is 6.30. The zero-order chi connectivity index (χ0) is 19.1. The number of hydrogen-bond donors (Lipinski definition) is 2. The fraction of sp³-hybridized carbons (Fsp3) is 0.176. The first-order valence-electron chi connectivity index (χ1n) is 7.38. The van der Waals surface area contributed by atoms with Crippen LogP contribution in [-0.2, 0) is 0 Å². The lowest BCUT2D eigenvalue weighted by molar-refractivity contribution is -0.297. The van der Waals surface area contributed by atoms with Gasteiger partial charge in [-0.25, -0.2) is 0 Å². The third-order valence-electron chi connectivity index (χ3n) is 3.92. The molecule has 1 aliphatic rings. The standard InChI is InChI=1S/C17H12ClF3N2O3/c18-12-5-1-10(2-6-12)14-9-16(26,17(19,20)21)23(22-14)15(25)11-3-7-13(24)8-4-11/h1-8,24,26H,9H2. The Labute approximate surface area is 150 Å². The molecular weight excluding hydrogens is 373 g/mol. The Morgan fingerprint density at radius 3 is 2.23 bits per heavy atom. The number of carbonyl (C=O) groups excluding carboxylic acids is 1. The van der Waals surface area contributed by atoms with Crippen LogP contribution >= 0.6 is 11.6 Å². The average Bonchev–Trinajstić information content (AvgIpc) is 2.94. The van der Waals surface area contributed by atoms with Gasteiger partial charge in [-0.15, -0.1) is 0 Å². The van der Waals surface area contributed by atoms with Gasteiger partial charge in [-0.2, -0.15) is 23.3 Å². The molecule has 0 aliphatic carbocycles. The van der Waals surface area contributed by atoms with E-state index in [1.807, 2.05) is 0 Å². The SMILES string of the molecule is O=C(c1ccc(O)cc1)N1N=C(c2ccc(Cl)cc2)CC1(O)C(F)(F)F. The van der Waals surface area contributed by atoms with E-state index >= 15 is 0 Å². The van der Waals surface area contributed by atoms with Crippen LogP contribution in [0.5, 0.6) is 5.75 Å². The molecule has 5 nitrogen and oxygen atoms in total. The Morgan fingerprint density at radius 2 is 1.69 bits per heavy atom. The van der Waals surface area contributed by atoms with Crippen molar-refractivity contribution in [2.24, 2.45) is 5.10 Å². The van der Waals surface area contributed by atoms with Crippen LogP contribution in [-0.4, -0.2) is 38.7 Å². The summed E-state index contributed by atoms with van der Waals surface area (Å²) in [5.41, 5.74) is -3.44. The predicted molar refractivity (Wildman–Crippen MR) is 87.9 cm³/mol. The highest BCUT2D eigenvalue weighted by molar-refractivity contribution is 6.30. The number of nitrogens with zero attached hydrogens (tertiary/aromatic N) is 2. The Morgan fingerprint density at radius 1 is 1.12 bits per heavy atom. The quantitative estimate of drug-likeness (QED) is 0.831. The summed E-state index contributed by atoms with van der Waals surface area (Å²) < 4.78 is 40.5. The summed E-state index contributed by atoms with van der Waals surface area (Å²) in [4.78, 5) is 12.5. The first-order chi connectivity index (χ1) is 12.1. The molecule has 1 unspecified atom stereocenters. The molecule has 2 aromatic carbocycles. The van der Waals surface area contributed by atoms with Crippen molar-refractivity contribution in [3.63, 3.8) is 0 Å². The zero-order valence-corrected chi connectivity index (χ0v) is 13.8. The molecule has 0 spiro atoms. The topological polar surface area (TPSA) is 73.1 Å². The highest BCUT2D eigenvalue weighted by atomic mass is 35.5. The highest BCUT2D eigenvalue weighted by Gasteiger charge is 2.63. The van der Waals surface area contributed by atoms with Gasteiger partial charge in [-0.1, -0.05) is 23.7 Å². The molecule has 0 aromatic heterocycles. The maximum atomic E-state index is 13.5. The van der Waals surface area contributed by atoms with Crippen LogP contribution in [0.15, 0.2) is 53.6 Å². The van der Waals surface area contributed by atoms with Crippen molar-refractivity contribution in [3.05, 3.63) is 64.7 Å². The van der Waals surface area contributed by atoms with E-state index in [1.165, 1.54) is 24.3 Å². The molecule has 3 rings (SSSR count). The molecule has 136 valence electrons. The van der Waals surface area contributed by atoms with Crippen LogP contribution in [0, 0.1) is 0 Å². The number of aliphatic hydroxyl groups is 1.